The lowest BCUT2D eigenvalue weighted by atomic mass is 10.0. The second kappa shape index (κ2) is 11.0. The fourth-order valence-corrected chi connectivity index (χ4v) is 3.85. The van der Waals surface area contributed by atoms with Crippen molar-refractivity contribution >= 4 is 11.0 Å². The largest absolute Gasteiger partial charge is 0.573 e. The van der Waals surface area contributed by atoms with Gasteiger partial charge in [-0.15, -0.1) is 13.2 Å². The number of fused-ring (bicyclic) bond motifs is 1. The average Bonchev–Trinajstić information content (AvgIpc) is 2.87. The molecule has 4 aromatic rings. The van der Waals surface area contributed by atoms with Crippen LogP contribution in [0.2, 0.25) is 0 Å². The van der Waals surface area contributed by atoms with Crippen molar-refractivity contribution in [3.8, 4) is 17.2 Å². The summed E-state index contributed by atoms with van der Waals surface area (Å²) in [4.78, 5) is 37.4. The van der Waals surface area contributed by atoms with Gasteiger partial charge in [0.15, 0.2) is 5.75 Å². The number of aliphatic hydroxyl groups is 1. The Bertz CT molecular complexity index is 1650. The normalized spacial score (nSPS) is 12.1. The average molecular weight is 571 g/mol. The van der Waals surface area contributed by atoms with Crippen molar-refractivity contribution in [1.29, 1.82) is 0 Å². The summed E-state index contributed by atoms with van der Waals surface area (Å²) in [5.74, 6) is -1.08. The quantitative estimate of drug-likeness (QED) is 0.319. The van der Waals surface area contributed by atoms with Gasteiger partial charge in [-0.3, -0.25) is 23.9 Å². The van der Waals surface area contributed by atoms with Crippen LogP contribution in [-0.2, 0) is 26.2 Å². The van der Waals surface area contributed by atoms with E-state index in [0.717, 1.165) is 52.1 Å². The highest BCUT2D eigenvalue weighted by Gasteiger charge is 2.33. The molecule has 0 aromatic carbocycles. The van der Waals surface area contributed by atoms with E-state index in [4.69, 9.17) is 4.74 Å². The number of aryl methyl sites for hydroxylation is 1. The molecule has 16 heteroatoms. The molecule has 4 aromatic heterocycles. The highest BCUT2D eigenvalue weighted by atomic mass is 19.4. The van der Waals surface area contributed by atoms with Gasteiger partial charge in [-0.2, -0.15) is 13.2 Å². The molecule has 10 nitrogen and oxygen atoms in total. The third kappa shape index (κ3) is 6.22. The monoisotopic (exact) mass is 571 g/mol. The number of hydrogen-bond acceptors (Lipinski definition) is 8. The number of halogens is 6. The third-order valence-corrected chi connectivity index (χ3v) is 5.61. The minimum Gasteiger partial charge on any atom is -0.454 e. The number of alkyl halides is 6. The zero-order chi connectivity index (χ0) is 29.2. The van der Waals surface area contributed by atoms with Gasteiger partial charge in [0.05, 0.1) is 24.0 Å². The van der Waals surface area contributed by atoms with E-state index in [1.54, 1.807) is 0 Å². The van der Waals surface area contributed by atoms with Crippen molar-refractivity contribution in [1.82, 2.24) is 24.1 Å². The second-order valence-electron chi connectivity index (χ2n) is 8.41. The molecule has 0 saturated carbocycles. The van der Waals surface area contributed by atoms with E-state index in [1.165, 1.54) is 7.05 Å². The van der Waals surface area contributed by atoms with Gasteiger partial charge in [0.25, 0.3) is 5.56 Å². The smallest absolute Gasteiger partial charge is 0.454 e. The first-order valence-corrected chi connectivity index (χ1v) is 11.4. The second-order valence-corrected chi connectivity index (χ2v) is 8.41. The summed E-state index contributed by atoms with van der Waals surface area (Å²) < 4.78 is 88.5. The van der Waals surface area contributed by atoms with Crippen LogP contribution in [0, 0.1) is 0 Å². The molecule has 0 bridgehead atoms. The van der Waals surface area contributed by atoms with E-state index >= 15 is 0 Å². The van der Waals surface area contributed by atoms with E-state index in [0.29, 0.717) is 0 Å². The SMILES string of the molecule is Cn1c(=O)n(CCCO)c(=O)c2c(Cc3ccc(C(F)(F)F)nc3)c(Oc3cncc(OC(F)(F)F)c3)cnc21. The Morgan fingerprint density at radius 1 is 0.975 bits per heavy atom. The summed E-state index contributed by atoms with van der Waals surface area (Å²) in [6.07, 6.45) is -5.94. The highest BCUT2D eigenvalue weighted by Crippen LogP contribution is 2.33. The highest BCUT2D eigenvalue weighted by molar-refractivity contribution is 5.81. The molecule has 0 radical (unpaired) electrons. The molecule has 212 valence electrons. The lowest BCUT2D eigenvalue weighted by molar-refractivity contribution is -0.274. The Balaban J connectivity index is 1.89. The molecule has 0 fully saturated rings. The zero-order valence-electron chi connectivity index (χ0n) is 20.5. The molecule has 0 saturated heterocycles. The number of aliphatic hydroxyl groups excluding tert-OH is 1. The number of aromatic nitrogens is 5. The van der Waals surface area contributed by atoms with Crippen molar-refractivity contribution in [3.05, 3.63) is 80.6 Å². The van der Waals surface area contributed by atoms with Crippen LogP contribution in [-0.4, -0.2) is 42.2 Å². The summed E-state index contributed by atoms with van der Waals surface area (Å²) in [5.41, 5.74) is -2.49. The summed E-state index contributed by atoms with van der Waals surface area (Å²) in [5, 5.41) is 9.06. The first-order chi connectivity index (χ1) is 18.8. The summed E-state index contributed by atoms with van der Waals surface area (Å²) in [6, 6.07) is 2.77. The van der Waals surface area contributed by atoms with Gasteiger partial charge in [-0.25, -0.2) is 9.78 Å². The number of pyridine rings is 3. The number of nitrogens with zero attached hydrogens (tertiary/aromatic N) is 5. The first kappa shape index (κ1) is 28.5. The van der Waals surface area contributed by atoms with E-state index < -0.39 is 35.2 Å². The Hall–Kier alpha value is -4.47. The van der Waals surface area contributed by atoms with Crippen molar-refractivity contribution in [2.75, 3.05) is 6.61 Å². The van der Waals surface area contributed by atoms with Crippen LogP contribution in [0.25, 0.3) is 11.0 Å². The molecule has 0 aliphatic rings. The molecule has 0 atom stereocenters. The third-order valence-electron chi connectivity index (χ3n) is 5.61. The van der Waals surface area contributed by atoms with Crippen LogP contribution >= 0.6 is 0 Å². The van der Waals surface area contributed by atoms with E-state index in [9.17, 15) is 41.0 Å². The van der Waals surface area contributed by atoms with Gasteiger partial charge in [0, 0.05) is 44.4 Å². The van der Waals surface area contributed by atoms with Crippen LogP contribution in [0.5, 0.6) is 17.2 Å². The molecule has 4 heterocycles. The molecule has 0 aliphatic heterocycles. The van der Waals surface area contributed by atoms with Crippen LogP contribution < -0.4 is 20.7 Å². The van der Waals surface area contributed by atoms with Gasteiger partial charge >= 0.3 is 18.2 Å². The summed E-state index contributed by atoms with van der Waals surface area (Å²) in [7, 11) is 1.35. The van der Waals surface area contributed by atoms with Crippen LogP contribution in [0.3, 0.4) is 0 Å². The van der Waals surface area contributed by atoms with E-state index in [2.05, 4.69) is 19.7 Å². The molecule has 0 amide bonds. The Morgan fingerprint density at radius 2 is 1.70 bits per heavy atom. The minimum absolute atomic E-state index is 0.0621. The molecule has 1 N–H and O–H groups in total. The van der Waals surface area contributed by atoms with Gasteiger partial charge in [0.1, 0.15) is 22.8 Å². The number of rotatable bonds is 8. The van der Waals surface area contributed by atoms with Crippen molar-refractivity contribution in [2.45, 2.75) is 31.9 Å². The lowest BCUT2D eigenvalue weighted by Gasteiger charge is -2.17. The maximum atomic E-state index is 13.5. The molecular weight excluding hydrogens is 552 g/mol. The molecule has 0 unspecified atom stereocenters. The van der Waals surface area contributed by atoms with Crippen LogP contribution in [0.15, 0.2) is 52.6 Å². The standard InChI is InChI=1S/C24H19F6N5O5/c1-34-20-19(21(37)35(22(34)38)5-2-6-36)16(7-13-3-4-18(32-9-13)23(25,26)27)17(12-33-20)39-14-8-15(11-31-10-14)40-24(28,29)30/h3-4,8-12,36H,2,5-7H2,1H3. The van der Waals surface area contributed by atoms with Gasteiger partial charge in [-0.1, -0.05) is 6.07 Å². The van der Waals surface area contributed by atoms with E-state index in [-0.39, 0.29) is 59.7 Å². The fraction of sp³-hybridized carbons (Fsp3) is 0.292. The molecule has 4 rings (SSSR count). The minimum atomic E-state index is -5.00. The lowest BCUT2D eigenvalue weighted by Crippen LogP contribution is -2.40. The molecular formula is C24H19F6N5O5. The summed E-state index contributed by atoms with van der Waals surface area (Å²) >= 11 is 0. The zero-order valence-corrected chi connectivity index (χ0v) is 20.5. The van der Waals surface area contributed by atoms with Crippen LogP contribution in [0.1, 0.15) is 23.2 Å². The maximum absolute atomic E-state index is 13.5. The predicted molar refractivity (Wildman–Crippen MR) is 126 cm³/mol. The number of hydrogen-bond donors (Lipinski definition) is 1. The first-order valence-electron chi connectivity index (χ1n) is 11.4. The number of ether oxygens (including phenoxy) is 2. The fourth-order valence-electron chi connectivity index (χ4n) is 3.85. The van der Waals surface area contributed by atoms with Crippen molar-refractivity contribution in [3.63, 3.8) is 0 Å². The van der Waals surface area contributed by atoms with Gasteiger partial charge in [0.2, 0.25) is 0 Å². The van der Waals surface area contributed by atoms with Gasteiger partial charge < -0.3 is 14.6 Å². The molecule has 40 heavy (non-hydrogen) atoms. The Kier molecular flexibility index (Phi) is 7.81. The Labute approximate surface area is 220 Å². The van der Waals surface area contributed by atoms with E-state index in [1.807, 2.05) is 0 Å². The van der Waals surface area contributed by atoms with Crippen molar-refractivity contribution in [2.24, 2.45) is 7.05 Å². The predicted octanol–water partition coefficient (Wildman–Crippen LogP) is 3.57. The maximum Gasteiger partial charge on any atom is 0.573 e. The Morgan fingerprint density at radius 3 is 2.33 bits per heavy atom. The molecule has 0 aliphatic carbocycles. The van der Waals surface area contributed by atoms with Crippen LogP contribution in [0.4, 0.5) is 26.3 Å². The van der Waals surface area contributed by atoms with Gasteiger partial charge in [-0.05, 0) is 18.1 Å². The molecule has 0 spiro atoms. The van der Waals surface area contributed by atoms with Crippen molar-refractivity contribution < 1.29 is 40.9 Å². The summed E-state index contributed by atoms with van der Waals surface area (Å²) in [6.45, 7) is -0.465. The topological polar surface area (TPSA) is 121 Å².